The predicted octanol–water partition coefficient (Wildman–Crippen LogP) is 8.00. The zero-order valence-electron chi connectivity index (χ0n) is 66.8. The topological polar surface area (TPSA) is 466 Å². The molecule has 32 nitrogen and oxygen atoms in total. The number of carbonyl (C=O) groups excluding carboxylic acids is 10. The Bertz CT molecular complexity index is 2580. The molecule has 0 saturated carbocycles. The zero-order valence-corrected chi connectivity index (χ0v) is 66.8. The molecule has 0 fully saturated rings. The largest absolute Gasteiger partial charge is 0.481 e. The Labute approximate surface area is 660 Å². The highest BCUT2D eigenvalue weighted by Gasteiger charge is 2.25. The molecule has 0 aliphatic rings. The third-order valence-corrected chi connectivity index (χ3v) is 18.1. The number of aliphatic carboxylic acids is 4. The minimum atomic E-state index is -1.21. The molecule has 0 unspecified atom stereocenters. The van der Waals surface area contributed by atoms with Crippen LogP contribution in [0.15, 0.2) is 0 Å². The molecular weight excluding hydrogens is 1450 g/mol. The minimum absolute atomic E-state index is 0. The van der Waals surface area contributed by atoms with Crippen molar-refractivity contribution in [2.75, 3.05) is 138 Å². The van der Waals surface area contributed by atoms with Crippen molar-refractivity contribution in [3.8, 4) is 0 Å². The lowest BCUT2D eigenvalue weighted by molar-refractivity contribution is -0.144. The Kier molecular flexibility index (Phi) is 69.8. The fourth-order valence-corrected chi connectivity index (χ4v) is 11.5. The minimum Gasteiger partial charge on any atom is -0.481 e. The molecule has 0 aromatic heterocycles. The van der Waals surface area contributed by atoms with Gasteiger partial charge in [-0.2, -0.15) is 0 Å². The van der Waals surface area contributed by atoms with E-state index in [9.17, 15) is 77.3 Å². The fraction of sp³-hybridized carbons (Fsp3) is 0.823. The van der Waals surface area contributed by atoms with Crippen molar-refractivity contribution < 1.29 is 128 Å². The Balaban J connectivity index is -0.0000605. The summed E-state index contributed by atoms with van der Waals surface area (Å²) in [5, 5.41) is 52.6. The molecule has 0 spiro atoms. The number of unbranched alkanes of at least 4 members (excludes halogenated alkanes) is 20. The first-order chi connectivity index (χ1) is 53.5. The van der Waals surface area contributed by atoms with Crippen LogP contribution in [-0.2, 0) is 105 Å². The predicted molar refractivity (Wildman–Crippen MR) is 416 cm³/mol. The second kappa shape index (κ2) is 74.5. The highest BCUT2D eigenvalue weighted by Crippen LogP contribution is 2.21. The maximum atomic E-state index is 13.0. The van der Waals surface area contributed by atoms with Gasteiger partial charge in [-0.25, -0.2) is 4.79 Å². The number of rotatable bonds is 84. The first-order valence-corrected chi connectivity index (χ1v) is 40.7. The number of carboxylic acid groups (broad SMARTS) is 4. The van der Waals surface area contributed by atoms with Crippen molar-refractivity contribution >= 4 is 82.5 Å². The van der Waals surface area contributed by atoms with E-state index in [2.05, 4.69) is 31.9 Å². The molecular formula is C79H142N6O26. The zero-order chi connectivity index (χ0) is 82.0. The SMILES string of the molecule is CC(=O)[C@H](CCCCNC(=O)COCCOCCCC(=O)COCCOCCNC(=O)CC[C@H](CC(=O)CCCCCCCCCCCCC(=O)O)C(=O)O)CC(=O)[C@@H](C)CCCCNC(=O)COCCOCCNC(=O)COCCOCCNC(=O)CC[C@H](NC(=O)CCCCCCCCCCCCC(=O)O)C(=O)O.[HH].[HH]. The number of Topliss-reactive ketones (excluding diaryl/α,β-unsaturated/α-hetero) is 4. The summed E-state index contributed by atoms with van der Waals surface area (Å²) in [6.07, 6.45) is 24.5. The van der Waals surface area contributed by atoms with Crippen LogP contribution in [0, 0.1) is 17.8 Å². The van der Waals surface area contributed by atoms with Crippen LogP contribution in [0.1, 0.15) is 261 Å². The van der Waals surface area contributed by atoms with Crippen molar-refractivity contribution in [1.82, 2.24) is 31.9 Å². The lowest BCUT2D eigenvalue weighted by Gasteiger charge is -2.16. The van der Waals surface area contributed by atoms with Crippen LogP contribution < -0.4 is 31.9 Å². The molecule has 0 rings (SSSR count). The summed E-state index contributed by atoms with van der Waals surface area (Å²) in [7, 11) is 0. The Morgan fingerprint density at radius 1 is 0.288 bits per heavy atom. The van der Waals surface area contributed by atoms with E-state index < -0.39 is 41.8 Å². The number of ether oxygens (including phenoxy) is 8. The van der Waals surface area contributed by atoms with Crippen LogP contribution in [0.4, 0.5) is 0 Å². The van der Waals surface area contributed by atoms with Crippen molar-refractivity contribution in [1.29, 1.82) is 0 Å². The van der Waals surface area contributed by atoms with Crippen molar-refractivity contribution in [2.24, 2.45) is 17.8 Å². The Morgan fingerprint density at radius 2 is 0.649 bits per heavy atom. The normalized spacial score (nSPS) is 12.3. The van der Waals surface area contributed by atoms with Gasteiger partial charge < -0.3 is 90.2 Å². The van der Waals surface area contributed by atoms with Crippen LogP contribution in [0.25, 0.3) is 0 Å². The second-order valence-corrected chi connectivity index (χ2v) is 28.1. The van der Waals surface area contributed by atoms with Crippen molar-refractivity contribution in [3.05, 3.63) is 0 Å². The molecule has 0 aliphatic heterocycles. The quantitative estimate of drug-likeness (QED) is 0.0258. The maximum Gasteiger partial charge on any atom is 0.326 e. The van der Waals surface area contributed by atoms with E-state index in [1.807, 2.05) is 6.92 Å². The van der Waals surface area contributed by atoms with Gasteiger partial charge in [0.2, 0.25) is 35.4 Å². The number of amides is 6. The number of hydrogen-bond acceptors (Lipinski definition) is 22. The first-order valence-electron chi connectivity index (χ1n) is 40.7. The van der Waals surface area contributed by atoms with Gasteiger partial charge in [-0.1, -0.05) is 122 Å². The number of nitrogens with one attached hydrogen (secondary N) is 6. The summed E-state index contributed by atoms with van der Waals surface area (Å²) in [4.78, 5) is 168. The first kappa shape index (κ1) is 104. The van der Waals surface area contributed by atoms with E-state index in [1.54, 1.807) is 0 Å². The molecule has 644 valence electrons. The van der Waals surface area contributed by atoms with Gasteiger partial charge in [0.25, 0.3) is 0 Å². The summed E-state index contributed by atoms with van der Waals surface area (Å²) in [6, 6.07) is -1.18. The molecule has 0 heterocycles. The van der Waals surface area contributed by atoms with E-state index >= 15 is 0 Å². The molecule has 10 N–H and O–H groups in total. The number of carboxylic acids is 4. The van der Waals surface area contributed by atoms with Gasteiger partial charge in [0, 0.05) is 112 Å². The van der Waals surface area contributed by atoms with E-state index in [-0.39, 0.29) is 250 Å². The Morgan fingerprint density at radius 3 is 1.07 bits per heavy atom. The van der Waals surface area contributed by atoms with Gasteiger partial charge >= 0.3 is 23.9 Å². The maximum absolute atomic E-state index is 13.0. The molecule has 0 aliphatic carbocycles. The number of carbonyl (C=O) groups is 14. The molecule has 4 atom stereocenters. The van der Waals surface area contributed by atoms with E-state index in [0.717, 1.165) is 109 Å². The average molecular weight is 1590 g/mol. The van der Waals surface area contributed by atoms with E-state index in [0.29, 0.717) is 90.3 Å². The van der Waals surface area contributed by atoms with Gasteiger partial charge in [0.05, 0.1) is 78.6 Å². The molecule has 0 aromatic carbocycles. The highest BCUT2D eigenvalue weighted by molar-refractivity contribution is 5.88. The van der Waals surface area contributed by atoms with Crippen LogP contribution in [0.5, 0.6) is 0 Å². The number of hydrogen-bond donors (Lipinski definition) is 10. The second-order valence-electron chi connectivity index (χ2n) is 28.1. The molecule has 0 bridgehead atoms. The van der Waals surface area contributed by atoms with Gasteiger partial charge in [0.1, 0.15) is 49.8 Å². The fourth-order valence-electron chi connectivity index (χ4n) is 11.5. The van der Waals surface area contributed by atoms with Crippen LogP contribution in [-0.4, -0.2) is 247 Å². The molecule has 0 radical (unpaired) electrons. The standard InChI is InChI=1S/C79H138N6O26.2H2/c1-62(28-23-25-39-80-73(93)60-110-54-51-107-47-43-84-75(95)61-111-55-50-106-46-42-83-71(91)38-36-68(79(102)103)85-72(92)32-20-16-12-8-4-6-10-14-18-22-34-77(98)99)69(89)57-64(63(2)86)29-24-26-40-81-74(94)59-109-53-48-104-44-27-31-67(88)58-108-52-49-105-45-41-82-70(90)37-35-65(78(100)101)56-66(87)30-19-15-11-7-3-5-9-13-17-21-33-76(96)97;;/h62,64-65,68H,3-61H2,1-2H3,(H,80,93)(H,81,94)(H,82,90)(H,83,91)(H,84,95)(H,85,92)(H,96,97)(H,98,99)(H,100,101)(H,102,103);2*1H/t62-,64+,65+,68-;;/m0../s1. The highest BCUT2D eigenvalue weighted by atomic mass is 16.5. The van der Waals surface area contributed by atoms with Crippen LogP contribution >= 0.6 is 0 Å². The van der Waals surface area contributed by atoms with Gasteiger partial charge in [0.15, 0.2) is 5.78 Å². The Hall–Kier alpha value is -6.94. The van der Waals surface area contributed by atoms with E-state index in [4.69, 9.17) is 48.1 Å². The molecule has 32 heteroatoms. The lowest BCUT2D eigenvalue weighted by Crippen LogP contribution is -2.41. The van der Waals surface area contributed by atoms with Gasteiger partial charge in [-0.3, -0.25) is 62.3 Å². The van der Waals surface area contributed by atoms with Crippen molar-refractivity contribution in [2.45, 2.75) is 264 Å². The average Bonchev–Trinajstić information content (AvgIpc) is 0.924. The summed E-state index contributed by atoms with van der Waals surface area (Å²) in [5.74, 6) is -7.72. The van der Waals surface area contributed by atoms with E-state index in [1.165, 1.54) is 6.92 Å². The van der Waals surface area contributed by atoms with Crippen LogP contribution in [0.3, 0.4) is 0 Å². The molecule has 0 aromatic rings. The molecule has 6 amide bonds. The van der Waals surface area contributed by atoms with Crippen LogP contribution in [0.2, 0.25) is 0 Å². The molecule has 111 heavy (non-hydrogen) atoms. The summed E-state index contributed by atoms with van der Waals surface area (Å²) in [5.41, 5.74) is 0. The smallest absolute Gasteiger partial charge is 0.326 e. The summed E-state index contributed by atoms with van der Waals surface area (Å²) in [6.45, 7) is 6.45. The number of ketones is 4. The third-order valence-electron chi connectivity index (χ3n) is 18.1. The van der Waals surface area contributed by atoms with Gasteiger partial charge in [-0.15, -0.1) is 0 Å². The monoisotopic (exact) mass is 1590 g/mol. The lowest BCUT2D eigenvalue weighted by atomic mass is 9.87. The summed E-state index contributed by atoms with van der Waals surface area (Å²) < 4.78 is 43.3. The molecule has 0 saturated heterocycles. The summed E-state index contributed by atoms with van der Waals surface area (Å²) >= 11 is 0. The third kappa shape index (κ3) is 71.8. The van der Waals surface area contributed by atoms with Gasteiger partial charge in [-0.05, 0) is 77.6 Å². The van der Waals surface area contributed by atoms with Crippen molar-refractivity contribution in [3.63, 3.8) is 0 Å².